The van der Waals surface area contributed by atoms with Crippen molar-refractivity contribution in [2.45, 2.75) is 26.2 Å². The zero-order valence-electron chi connectivity index (χ0n) is 12.2. The Bertz CT molecular complexity index is 816. The van der Waals surface area contributed by atoms with Crippen LogP contribution >= 0.6 is 11.3 Å². The number of nitrogens with zero attached hydrogens (tertiary/aromatic N) is 3. The van der Waals surface area contributed by atoms with Gasteiger partial charge in [0.25, 0.3) is 0 Å². The number of aromatic nitrogens is 4. The van der Waals surface area contributed by atoms with Crippen molar-refractivity contribution < 1.29 is 0 Å². The fraction of sp³-hybridized carbons (Fsp3) is 0.357. The second kappa shape index (κ2) is 5.00. The van der Waals surface area contributed by atoms with E-state index in [2.05, 4.69) is 51.9 Å². The van der Waals surface area contributed by atoms with Gasteiger partial charge in [0.2, 0.25) is 0 Å². The van der Waals surface area contributed by atoms with Crippen LogP contribution in [-0.2, 0) is 5.41 Å². The van der Waals surface area contributed by atoms with Crippen molar-refractivity contribution in [1.29, 1.82) is 0 Å². The van der Waals surface area contributed by atoms with E-state index in [4.69, 9.17) is 0 Å². The number of anilines is 1. The molecule has 6 nitrogen and oxygen atoms in total. The van der Waals surface area contributed by atoms with Gasteiger partial charge in [-0.15, -0.1) is 11.3 Å². The lowest BCUT2D eigenvalue weighted by atomic mass is 9.91. The highest BCUT2D eigenvalue weighted by molar-refractivity contribution is 7.10. The van der Waals surface area contributed by atoms with Gasteiger partial charge in [0.05, 0.1) is 0 Å². The Morgan fingerprint density at radius 3 is 3.00 bits per heavy atom. The van der Waals surface area contributed by atoms with E-state index >= 15 is 0 Å². The highest BCUT2D eigenvalue weighted by Crippen LogP contribution is 2.27. The van der Waals surface area contributed by atoms with E-state index in [1.807, 2.05) is 0 Å². The lowest BCUT2D eigenvalue weighted by Gasteiger charge is -2.24. The van der Waals surface area contributed by atoms with Crippen LogP contribution in [0.25, 0.3) is 5.65 Å². The first-order valence-electron chi connectivity index (χ1n) is 6.70. The van der Waals surface area contributed by atoms with Crippen molar-refractivity contribution in [3.8, 4) is 0 Å². The van der Waals surface area contributed by atoms with Crippen LogP contribution in [0.2, 0.25) is 0 Å². The van der Waals surface area contributed by atoms with Crippen LogP contribution in [0.1, 0.15) is 24.5 Å². The van der Waals surface area contributed by atoms with Crippen LogP contribution < -0.4 is 11.0 Å². The van der Waals surface area contributed by atoms with Crippen molar-refractivity contribution in [3.63, 3.8) is 0 Å². The maximum Gasteiger partial charge on any atom is 0.349 e. The van der Waals surface area contributed by atoms with E-state index in [-0.39, 0.29) is 11.1 Å². The number of hydrogen-bond acceptors (Lipinski definition) is 5. The molecule has 0 aromatic carbocycles. The standard InChI is InChI=1S/C14H17N5OS/c1-9-16-11(7-12-17-18-13(20)19(9)12)15-8-14(2,3)10-5-4-6-21-10/h4-7,15H,8H2,1-3H3,(H,18,20). The fourth-order valence-corrected chi connectivity index (χ4v) is 3.10. The number of H-pyrrole nitrogens is 1. The monoisotopic (exact) mass is 303 g/mol. The second-order valence-electron chi connectivity index (χ2n) is 5.63. The molecule has 3 heterocycles. The molecular weight excluding hydrogens is 286 g/mol. The molecule has 3 rings (SSSR count). The van der Waals surface area contributed by atoms with E-state index < -0.39 is 0 Å². The van der Waals surface area contributed by atoms with Gasteiger partial charge in [-0.05, 0) is 18.4 Å². The second-order valence-corrected chi connectivity index (χ2v) is 6.57. The van der Waals surface area contributed by atoms with Crippen molar-refractivity contribution in [2.24, 2.45) is 0 Å². The molecule has 0 aliphatic rings. The molecule has 0 unspecified atom stereocenters. The Labute approximate surface area is 125 Å². The SMILES string of the molecule is Cc1nc(NCC(C)(C)c2cccs2)cc2n[nH]c(=O)n12. The van der Waals surface area contributed by atoms with E-state index in [1.165, 1.54) is 9.28 Å². The van der Waals surface area contributed by atoms with Gasteiger partial charge in [-0.2, -0.15) is 5.10 Å². The number of aryl methyl sites for hydroxylation is 1. The highest BCUT2D eigenvalue weighted by atomic mass is 32.1. The first-order valence-corrected chi connectivity index (χ1v) is 7.58. The van der Waals surface area contributed by atoms with Crippen molar-refractivity contribution >= 4 is 22.8 Å². The summed E-state index contributed by atoms with van der Waals surface area (Å²) < 4.78 is 1.45. The van der Waals surface area contributed by atoms with Gasteiger partial charge in [0.15, 0.2) is 5.65 Å². The Morgan fingerprint density at radius 1 is 1.48 bits per heavy atom. The molecule has 0 bridgehead atoms. The van der Waals surface area contributed by atoms with Crippen molar-refractivity contribution in [1.82, 2.24) is 19.6 Å². The topological polar surface area (TPSA) is 75.1 Å². The minimum atomic E-state index is -0.263. The number of aromatic amines is 1. The first kappa shape index (κ1) is 13.8. The van der Waals surface area contributed by atoms with Gasteiger partial charge in [-0.1, -0.05) is 19.9 Å². The summed E-state index contributed by atoms with van der Waals surface area (Å²) in [5, 5.41) is 11.8. The molecule has 0 spiro atoms. The van der Waals surface area contributed by atoms with Gasteiger partial charge in [0, 0.05) is 22.9 Å². The molecule has 21 heavy (non-hydrogen) atoms. The zero-order chi connectivity index (χ0) is 15.0. The largest absolute Gasteiger partial charge is 0.369 e. The van der Waals surface area contributed by atoms with Crippen LogP contribution in [-0.4, -0.2) is 26.1 Å². The summed E-state index contributed by atoms with van der Waals surface area (Å²) in [6.07, 6.45) is 0. The third-order valence-electron chi connectivity index (χ3n) is 3.47. The molecule has 3 aromatic heterocycles. The van der Waals surface area contributed by atoms with E-state index in [9.17, 15) is 4.79 Å². The quantitative estimate of drug-likeness (QED) is 0.774. The molecule has 0 radical (unpaired) electrons. The summed E-state index contributed by atoms with van der Waals surface area (Å²) in [4.78, 5) is 17.3. The molecule has 0 aliphatic carbocycles. The van der Waals surface area contributed by atoms with Crippen molar-refractivity contribution in [2.75, 3.05) is 11.9 Å². The molecule has 3 aromatic rings. The fourth-order valence-electron chi connectivity index (χ4n) is 2.25. The van der Waals surface area contributed by atoms with Crippen LogP contribution in [0.5, 0.6) is 0 Å². The first-order chi connectivity index (χ1) is 9.97. The summed E-state index contributed by atoms with van der Waals surface area (Å²) in [6, 6.07) is 5.98. The average molecular weight is 303 g/mol. The van der Waals surface area contributed by atoms with Crippen LogP contribution in [0.15, 0.2) is 28.4 Å². The number of rotatable bonds is 4. The molecule has 7 heteroatoms. The van der Waals surface area contributed by atoms with E-state index in [0.717, 1.165) is 12.4 Å². The third-order valence-corrected chi connectivity index (χ3v) is 4.71. The maximum absolute atomic E-state index is 11.6. The number of nitrogens with one attached hydrogen (secondary N) is 2. The van der Waals surface area contributed by atoms with Gasteiger partial charge in [0.1, 0.15) is 11.6 Å². The van der Waals surface area contributed by atoms with E-state index in [1.54, 1.807) is 24.3 Å². The predicted octanol–water partition coefficient (Wildman–Crippen LogP) is 2.18. The Hall–Kier alpha value is -2.15. The summed E-state index contributed by atoms with van der Waals surface area (Å²) in [5.41, 5.74) is 0.325. The molecule has 0 atom stereocenters. The molecule has 0 saturated heterocycles. The van der Waals surface area contributed by atoms with E-state index in [0.29, 0.717) is 11.5 Å². The Balaban J connectivity index is 1.84. The molecule has 0 aliphatic heterocycles. The predicted molar refractivity (Wildman–Crippen MR) is 84.2 cm³/mol. The number of fused-ring (bicyclic) bond motifs is 1. The van der Waals surface area contributed by atoms with Gasteiger partial charge in [-0.3, -0.25) is 0 Å². The van der Waals surface area contributed by atoms with Gasteiger partial charge in [-0.25, -0.2) is 19.3 Å². The number of hydrogen-bond donors (Lipinski definition) is 2. The summed E-state index contributed by atoms with van der Waals surface area (Å²) >= 11 is 1.75. The zero-order valence-corrected chi connectivity index (χ0v) is 13.0. The van der Waals surface area contributed by atoms with Gasteiger partial charge < -0.3 is 5.32 Å². The third kappa shape index (κ3) is 2.56. The summed E-state index contributed by atoms with van der Waals surface area (Å²) in [6.45, 7) is 6.93. The smallest absolute Gasteiger partial charge is 0.349 e. The Kier molecular flexibility index (Phi) is 3.29. The molecular formula is C14H17N5OS. The maximum atomic E-state index is 11.6. The van der Waals surface area contributed by atoms with Crippen LogP contribution in [0.3, 0.4) is 0 Å². The van der Waals surface area contributed by atoms with Crippen LogP contribution in [0, 0.1) is 6.92 Å². The summed E-state index contributed by atoms with van der Waals surface area (Å²) in [5.74, 6) is 1.34. The van der Waals surface area contributed by atoms with Crippen molar-refractivity contribution in [3.05, 3.63) is 44.8 Å². The molecule has 110 valence electrons. The summed E-state index contributed by atoms with van der Waals surface area (Å²) in [7, 11) is 0. The molecule has 0 amide bonds. The number of thiophene rings is 1. The minimum Gasteiger partial charge on any atom is -0.369 e. The Morgan fingerprint density at radius 2 is 2.29 bits per heavy atom. The molecule has 2 N–H and O–H groups in total. The minimum absolute atomic E-state index is 0.0150. The lowest BCUT2D eigenvalue weighted by Crippen LogP contribution is -2.27. The van der Waals surface area contributed by atoms with Crippen LogP contribution in [0.4, 0.5) is 5.82 Å². The molecule has 0 fully saturated rings. The lowest BCUT2D eigenvalue weighted by molar-refractivity contribution is 0.568. The highest BCUT2D eigenvalue weighted by Gasteiger charge is 2.21. The molecule has 0 saturated carbocycles. The average Bonchev–Trinajstić information content (AvgIpc) is 3.07. The van der Waals surface area contributed by atoms with Gasteiger partial charge >= 0.3 is 5.69 Å². The normalized spacial score (nSPS) is 12.0.